The van der Waals surface area contributed by atoms with Crippen LogP contribution in [0.3, 0.4) is 0 Å². The van der Waals surface area contributed by atoms with Gasteiger partial charge in [0.05, 0.1) is 6.61 Å². The molecule has 0 spiro atoms. The van der Waals surface area contributed by atoms with Gasteiger partial charge in [-0.05, 0) is 6.42 Å². The zero-order valence-electron chi connectivity index (χ0n) is 14.1. The lowest BCUT2D eigenvalue weighted by molar-refractivity contribution is -0.210. The van der Waals surface area contributed by atoms with Crippen LogP contribution in [0.2, 0.25) is 0 Å². The summed E-state index contributed by atoms with van der Waals surface area (Å²) in [5.41, 5.74) is 0. The van der Waals surface area contributed by atoms with Gasteiger partial charge in [0.1, 0.15) is 0 Å². The number of aliphatic hydroxyl groups excluding tert-OH is 1. The largest absolute Gasteiger partial charge is 0.406 e. The average Bonchev–Trinajstić information content (AvgIpc) is 2.47. The van der Waals surface area contributed by atoms with E-state index in [1.54, 1.807) is 0 Å². The van der Waals surface area contributed by atoms with Crippen LogP contribution in [-0.4, -0.2) is 50.3 Å². The average molecular weight is 351 g/mol. The lowest BCUT2D eigenvalue weighted by atomic mass is 10.0. The van der Waals surface area contributed by atoms with E-state index >= 15 is 0 Å². The zero-order valence-corrected chi connectivity index (χ0v) is 14.9. The molecule has 0 aromatic rings. The number of hydrogen-bond donors (Lipinski definition) is 1. The number of carbonyl (C=O) groups excluding carboxylic acids is 1. The molecule has 0 bridgehead atoms. The topological polar surface area (TPSA) is 93.1 Å². The van der Waals surface area contributed by atoms with Crippen molar-refractivity contribution in [2.45, 2.75) is 70.5 Å². The number of unbranched alkanes of at least 4 members (excludes halogenated alkanes) is 7. The van der Waals surface area contributed by atoms with Crippen molar-refractivity contribution in [1.82, 2.24) is 4.90 Å². The third kappa shape index (κ3) is 6.37. The Morgan fingerprint density at radius 1 is 1.04 bits per heavy atom. The van der Waals surface area contributed by atoms with Gasteiger partial charge in [0.2, 0.25) is 0 Å². The third-order valence-electron chi connectivity index (χ3n) is 3.94. The van der Waals surface area contributed by atoms with E-state index in [2.05, 4.69) is 6.92 Å². The first-order valence-corrected chi connectivity index (χ1v) is 9.73. The molecular formula is C15H29NO6S. The van der Waals surface area contributed by atoms with Gasteiger partial charge in [-0.3, -0.25) is 4.79 Å². The standard InChI is InChI=1S/C15H29NO6S/c1-3-4-5-6-7-8-9-10-11-15(21-23(19,20)22-15)14(18)16(2)12-13-17/h17H,3-13H2,1-2H3. The normalized spacial score (nSPS) is 18.4. The SMILES string of the molecule is CCCCCCCCCCC1(C(=O)N(C)CCO)OS(=O)(=O)O1. The number of hydrogen-bond acceptors (Lipinski definition) is 6. The Kier molecular flexibility index (Phi) is 8.46. The maximum Gasteiger partial charge on any atom is 0.406 e. The molecular weight excluding hydrogens is 322 g/mol. The number of nitrogens with zero attached hydrogens (tertiary/aromatic N) is 1. The second-order valence-corrected chi connectivity index (χ2v) is 7.15. The second-order valence-electron chi connectivity index (χ2n) is 6.00. The van der Waals surface area contributed by atoms with Crippen LogP contribution in [0.25, 0.3) is 0 Å². The summed E-state index contributed by atoms with van der Waals surface area (Å²) in [6.45, 7) is 2.07. The first kappa shape index (κ1) is 20.3. The van der Waals surface area contributed by atoms with E-state index in [1.165, 1.54) is 37.6 Å². The summed E-state index contributed by atoms with van der Waals surface area (Å²) in [6.07, 6.45) is 8.88. The molecule has 136 valence electrons. The molecule has 1 N–H and O–H groups in total. The van der Waals surface area contributed by atoms with Crippen molar-refractivity contribution >= 4 is 16.3 Å². The maximum atomic E-state index is 12.3. The van der Waals surface area contributed by atoms with Gasteiger partial charge >= 0.3 is 10.4 Å². The molecule has 0 radical (unpaired) electrons. The van der Waals surface area contributed by atoms with E-state index in [1.807, 2.05) is 0 Å². The Balaban J connectivity index is 2.37. The van der Waals surface area contributed by atoms with Gasteiger partial charge in [0.15, 0.2) is 0 Å². The molecule has 1 fully saturated rings. The predicted octanol–water partition coefficient (Wildman–Crippen LogP) is 1.96. The maximum absolute atomic E-state index is 12.3. The Morgan fingerprint density at radius 3 is 2.04 bits per heavy atom. The molecule has 0 aromatic carbocycles. The summed E-state index contributed by atoms with van der Waals surface area (Å²) in [6, 6.07) is 0. The third-order valence-corrected chi connectivity index (χ3v) is 4.89. The summed E-state index contributed by atoms with van der Waals surface area (Å²) in [5.74, 6) is -2.30. The van der Waals surface area contributed by atoms with Crippen molar-refractivity contribution in [3.05, 3.63) is 0 Å². The smallest absolute Gasteiger partial charge is 0.395 e. The van der Waals surface area contributed by atoms with Gasteiger partial charge in [-0.1, -0.05) is 51.9 Å². The van der Waals surface area contributed by atoms with Crippen LogP contribution < -0.4 is 0 Å². The Morgan fingerprint density at radius 2 is 1.57 bits per heavy atom. The lowest BCUT2D eigenvalue weighted by Gasteiger charge is -2.39. The van der Waals surface area contributed by atoms with E-state index in [4.69, 9.17) is 13.5 Å². The molecule has 0 atom stereocenters. The summed E-state index contributed by atoms with van der Waals surface area (Å²) in [7, 11) is -2.57. The highest BCUT2D eigenvalue weighted by atomic mass is 32.3. The van der Waals surface area contributed by atoms with Gasteiger partial charge in [0, 0.05) is 20.0 Å². The van der Waals surface area contributed by atoms with Crippen LogP contribution in [0.4, 0.5) is 0 Å². The minimum Gasteiger partial charge on any atom is -0.395 e. The molecule has 1 saturated heterocycles. The van der Waals surface area contributed by atoms with Crippen molar-refractivity contribution in [1.29, 1.82) is 0 Å². The van der Waals surface area contributed by atoms with E-state index < -0.39 is 22.1 Å². The van der Waals surface area contributed by atoms with Gasteiger partial charge in [-0.25, -0.2) is 8.37 Å². The summed E-state index contributed by atoms with van der Waals surface area (Å²) in [5, 5.41) is 8.89. The quantitative estimate of drug-likeness (QED) is 0.540. The fourth-order valence-corrected chi connectivity index (χ4v) is 3.61. The van der Waals surface area contributed by atoms with E-state index in [0.717, 1.165) is 19.3 Å². The van der Waals surface area contributed by atoms with Crippen LogP contribution in [0.1, 0.15) is 64.7 Å². The lowest BCUT2D eigenvalue weighted by Crippen LogP contribution is -2.60. The molecule has 1 aliphatic rings. The van der Waals surface area contributed by atoms with Crippen LogP contribution in [0.15, 0.2) is 0 Å². The predicted molar refractivity (Wildman–Crippen MR) is 85.8 cm³/mol. The number of carbonyl (C=O) groups is 1. The molecule has 23 heavy (non-hydrogen) atoms. The molecule has 1 amide bonds. The van der Waals surface area contributed by atoms with E-state index in [-0.39, 0.29) is 19.6 Å². The van der Waals surface area contributed by atoms with E-state index in [0.29, 0.717) is 6.42 Å². The Hall–Kier alpha value is -0.700. The molecule has 1 aliphatic heterocycles. The van der Waals surface area contributed by atoms with Crippen LogP contribution in [0, 0.1) is 0 Å². The molecule has 8 heteroatoms. The van der Waals surface area contributed by atoms with Crippen molar-refractivity contribution in [2.24, 2.45) is 0 Å². The van der Waals surface area contributed by atoms with Crippen molar-refractivity contribution < 1.29 is 26.7 Å². The number of rotatable bonds is 12. The Bertz CT molecular complexity index is 453. The molecule has 0 aromatic heterocycles. The Labute approximate surface area is 139 Å². The van der Waals surface area contributed by atoms with Crippen molar-refractivity contribution in [3.8, 4) is 0 Å². The molecule has 1 heterocycles. The highest BCUT2D eigenvalue weighted by molar-refractivity contribution is 7.83. The molecule has 0 unspecified atom stereocenters. The summed E-state index contributed by atoms with van der Waals surface area (Å²) >= 11 is 0. The van der Waals surface area contributed by atoms with Crippen molar-refractivity contribution in [3.63, 3.8) is 0 Å². The van der Waals surface area contributed by atoms with Crippen LogP contribution >= 0.6 is 0 Å². The second kappa shape index (κ2) is 9.56. The molecule has 0 saturated carbocycles. The minimum atomic E-state index is -4.05. The first-order valence-electron chi connectivity index (χ1n) is 8.39. The fourth-order valence-electron chi connectivity index (χ4n) is 2.63. The number of amides is 1. The molecule has 7 nitrogen and oxygen atoms in total. The van der Waals surface area contributed by atoms with Gasteiger partial charge in [-0.15, -0.1) is 0 Å². The monoisotopic (exact) mass is 351 g/mol. The van der Waals surface area contributed by atoms with Gasteiger partial charge < -0.3 is 10.0 Å². The first-order chi connectivity index (χ1) is 10.9. The highest BCUT2D eigenvalue weighted by Crippen LogP contribution is 2.37. The highest BCUT2D eigenvalue weighted by Gasteiger charge is 2.58. The fraction of sp³-hybridized carbons (Fsp3) is 0.933. The van der Waals surface area contributed by atoms with Crippen molar-refractivity contribution in [2.75, 3.05) is 20.2 Å². The number of aliphatic hydroxyl groups is 1. The van der Waals surface area contributed by atoms with Crippen LogP contribution in [0.5, 0.6) is 0 Å². The van der Waals surface area contributed by atoms with Crippen LogP contribution in [-0.2, 0) is 23.6 Å². The molecule has 0 aliphatic carbocycles. The summed E-state index contributed by atoms with van der Waals surface area (Å²) in [4.78, 5) is 13.5. The molecule has 1 rings (SSSR count). The van der Waals surface area contributed by atoms with Gasteiger partial charge in [-0.2, -0.15) is 8.42 Å². The summed E-state index contributed by atoms with van der Waals surface area (Å²) < 4.78 is 31.9. The van der Waals surface area contributed by atoms with Gasteiger partial charge in [0.25, 0.3) is 11.7 Å². The number of likely N-dealkylation sites (N-methyl/N-ethyl adjacent to an activating group) is 1. The zero-order chi connectivity index (χ0) is 17.3. The minimum absolute atomic E-state index is 0.102. The van der Waals surface area contributed by atoms with E-state index in [9.17, 15) is 13.2 Å².